The highest BCUT2D eigenvalue weighted by molar-refractivity contribution is 5.38. The molecule has 1 rings (SSSR count). The summed E-state index contributed by atoms with van der Waals surface area (Å²) < 4.78 is 45.6. The molecule has 0 amide bonds. The highest BCUT2D eigenvalue weighted by Gasteiger charge is 2.26. The maximum atomic E-state index is 11.8. The Bertz CT molecular complexity index is 446. The van der Waals surface area contributed by atoms with Gasteiger partial charge in [0, 0.05) is 5.56 Å². The number of nitrogens with two attached hydrogens (primary N) is 1. The molecule has 110 valence electrons. The minimum atomic E-state index is -4.18. The van der Waals surface area contributed by atoms with Gasteiger partial charge < -0.3 is 15.2 Å². The molecule has 0 saturated carbocycles. The van der Waals surface area contributed by atoms with Crippen LogP contribution in [0.3, 0.4) is 0 Å². The molecule has 2 N–H and O–H groups in total. The second-order valence-electron chi connectivity index (χ2n) is 3.86. The van der Waals surface area contributed by atoms with Gasteiger partial charge in [-0.2, -0.15) is 13.2 Å². The van der Waals surface area contributed by atoms with E-state index in [1.54, 1.807) is 24.3 Å². The molecule has 0 bridgehead atoms. The van der Waals surface area contributed by atoms with Crippen LogP contribution >= 0.6 is 0 Å². The van der Waals surface area contributed by atoms with Gasteiger partial charge in [-0.05, 0) is 24.3 Å². The second-order valence-corrected chi connectivity index (χ2v) is 3.86. The van der Waals surface area contributed by atoms with E-state index >= 15 is 0 Å². The second kappa shape index (κ2) is 8.46. The van der Waals surface area contributed by atoms with Crippen LogP contribution in [0, 0.1) is 11.8 Å². The van der Waals surface area contributed by atoms with E-state index < -0.39 is 12.6 Å². The highest BCUT2D eigenvalue weighted by atomic mass is 19.4. The minimum absolute atomic E-state index is 0.116. The third-order valence-electron chi connectivity index (χ3n) is 2.22. The largest absolute Gasteiger partial charge is 0.491 e. The Morgan fingerprint density at radius 1 is 1.05 bits per heavy atom. The molecule has 0 heterocycles. The summed E-state index contributed by atoms with van der Waals surface area (Å²) in [4.78, 5) is 0. The minimum Gasteiger partial charge on any atom is -0.491 e. The Hall–Kier alpha value is -1.71. The topological polar surface area (TPSA) is 44.5 Å². The molecular weight excluding hydrogens is 271 g/mol. The van der Waals surface area contributed by atoms with Gasteiger partial charge in [0.2, 0.25) is 0 Å². The molecule has 1 aromatic carbocycles. The summed E-state index contributed by atoms with van der Waals surface area (Å²) in [7, 11) is 0. The zero-order valence-corrected chi connectivity index (χ0v) is 10.9. The average Bonchev–Trinajstić information content (AvgIpc) is 2.40. The van der Waals surface area contributed by atoms with E-state index in [-0.39, 0.29) is 19.8 Å². The molecule has 0 aliphatic rings. The number of rotatable bonds is 6. The van der Waals surface area contributed by atoms with Gasteiger partial charge in [-0.3, -0.25) is 0 Å². The molecule has 3 nitrogen and oxygen atoms in total. The van der Waals surface area contributed by atoms with Crippen LogP contribution in [-0.2, 0) is 4.74 Å². The van der Waals surface area contributed by atoms with E-state index in [2.05, 4.69) is 11.8 Å². The third kappa shape index (κ3) is 7.67. The van der Waals surface area contributed by atoms with Crippen molar-refractivity contribution >= 4 is 0 Å². The summed E-state index contributed by atoms with van der Waals surface area (Å²) in [6.07, 6.45) is -5.12. The maximum absolute atomic E-state index is 11.8. The normalized spacial score (nSPS) is 10.8. The van der Waals surface area contributed by atoms with Crippen LogP contribution in [0.2, 0.25) is 0 Å². The van der Waals surface area contributed by atoms with E-state index in [4.69, 9.17) is 15.2 Å². The number of hydrogen-bond acceptors (Lipinski definition) is 3. The van der Waals surface area contributed by atoms with E-state index in [1.165, 1.54) is 0 Å². The van der Waals surface area contributed by atoms with Crippen molar-refractivity contribution in [3.63, 3.8) is 0 Å². The zero-order valence-electron chi connectivity index (χ0n) is 10.9. The van der Waals surface area contributed by atoms with Crippen LogP contribution in [0.5, 0.6) is 5.75 Å². The first kappa shape index (κ1) is 16.3. The van der Waals surface area contributed by atoms with Crippen molar-refractivity contribution in [1.82, 2.24) is 0 Å². The Balaban J connectivity index is 2.19. The van der Waals surface area contributed by atoms with Crippen LogP contribution in [0.15, 0.2) is 24.3 Å². The first-order chi connectivity index (χ1) is 9.51. The Kier molecular flexibility index (Phi) is 6.91. The summed E-state index contributed by atoms with van der Waals surface area (Å²) in [5.74, 6) is 6.21. The van der Waals surface area contributed by atoms with Crippen LogP contribution in [-0.4, -0.2) is 32.5 Å². The average molecular weight is 287 g/mol. The van der Waals surface area contributed by atoms with Gasteiger partial charge >= 0.3 is 6.18 Å². The quantitative estimate of drug-likeness (QED) is 0.645. The van der Waals surface area contributed by atoms with Gasteiger partial charge in [-0.1, -0.05) is 11.8 Å². The van der Waals surface area contributed by atoms with Gasteiger partial charge in [0.25, 0.3) is 0 Å². The molecule has 0 aromatic heterocycles. The van der Waals surface area contributed by atoms with Crippen LogP contribution in [0.25, 0.3) is 0 Å². The fourth-order valence-electron chi connectivity index (χ4n) is 1.30. The van der Waals surface area contributed by atoms with Crippen molar-refractivity contribution in [3.05, 3.63) is 29.8 Å². The monoisotopic (exact) mass is 287 g/mol. The summed E-state index contributed by atoms with van der Waals surface area (Å²) >= 11 is 0. The van der Waals surface area contributed by atoms with E-state index in [9.17, 15) is 13.2 Å². The molecule has 0 aliphatic heterocycles. The Morgan fingerprint density at radius 2 is 1.75 bits per heavy atom. The number of halogens is 3. The van der Waals surface area contributed by atoms with Gasteiger partial charge in [0.05, 0.1) is 26.2 Å². The predicted molar refractivity (Wildman–Crippen MR) is 69.4 cm³/mol. The molecule has 0 aliphatic carbocycles. The van der Waals surface area contributed by atoms with Crippen molar-refractivity contribution in [1.29, 1.82) is 0 Å². The summed E-state index contributed by atoms with van der Waals surface area (Å²) in [5, 5.41) is 0. The molecule has 0 atom stereocenters. The maximum Gasteiger partial charge on any atom is 0.391 e. The predicted octanol–water partition coefficient (Wildman–Crippen LogP) is 2.34. The molecule has 0 spiro atoms. The smallest absolute Gasteiger partial charge is 0.391 e. The van der Waals surface area contributed by atoms with Crippen LogP contribution in [0.1, 0.15) is 12.0 Å². The van der Waals surface area contributed by atoms with E-state index in [0.717, 1.165) is 5.56 Å². The van der Waals surface area contributed by atoms with Crippen molar-refractivity contribution in [3.8, 4) is 17.6 Å². The Morgan fingerprint density at radius 3 is 2.35 bits per heavy atom. The standard InChI is InChI=1S/C14H16F3NO2/c15-14(16,17)7-9-19-10-11-20-13-5-3-12(4-6-13)2-1-8-18/h3-6H,7-11,18H2. The van der Waals surface area contributed by atoms with E-state index in [0.29, 0.717) is 12.3 Å². The molecule has 0 saturated heterocycles. The fourth-order valence-corrected chi connectivity index (χ4v) is 1.30. The van der Waals surface area contributed by atoms with Gasteiger partial charge in [0.1, 0.15) is 12.4 Å². The van der Waals surface area contributed by atoms with Crippen LogP contribution < -0.4 is 10.5 Å². The van der Waals surface area contributed by atoms with Gasteiger partial charge in [-0.15, -0.1) is 0 Å². The number of benzene rings is 1. The molecule has 6 heteroatoms. The Labute approximate surface area is 115 Å². The summed E-state index contributed by atoms with van der Waals surface area (Å²) in [6, 6.07) is 7.03. The molecule has 0 radical (unpaired) electrons. The fraction of sp³-hybridized carbons (Fsp3) is 0.429. The van der Waals surface area contributed by atoms with Gasteiger partial charge in [0.15, 0.2) is 0 Å². The summed E-state index contributed by atoms with van der Waals surface area (Å²) in [6.45, 7) is 0.268. The molecule has 1 aromatic rings. The lowest BCUT2D eigenvalue weighted by Gasteiger charge is -2.08. The molecule has 20 heavy (non-hydrogen) atoms. The number of hydrogen-bond donors (Lipinski definition) is 1. The lowest BCUT2D eigenvalue weighted by Crippen LogP contribution is -2.14. The number of alkyl halides is 3. The first-order valence-electron chi connectivity index (χ1n) is 6.07. The first-order valence-corrected chi connectivity index (χ1v) is 6.07. The number of ether oxygens (including phenoxy) is 2. The lowest BCUT2D eigenvalue weighted by atomic mass is 10.2. The molecule has 0 fully saturated rings. The molecular formula is C14H16F3NO2. The van der Waals surface area contributed by atoms with Crippen molar-refractivity contribution in [2.24, 2.45) is 5.73 Å². The summed E-state index contributed by atoms with van der Waals surface area (Å²) in [5.41, 5.74) is 6.08. The van der Waals surface area contributed by atoms with Crippen molar-refractivity contribution in [2.75, 3.05) is 26.4 Å². The zero-order chi connectivity index (χ0) is 14.8. The van der Waals surface area contributed by atoms with Crippen molar-refractivity contribution < 1.29 is 22.6 Å². The van der Waals surface area contributed by atoms with Crippen LogP contribution in [0.4, 0.5) is 13.2 Å². The lowest BCUT2D eigenvalue weighted by molar-refractivity contribution is -0.145. The van der Waals surface area contributed by atoms with Gasteiger partial charge in [-0.25, -0.2) is 0 Å². The van der Waals surface area contributed by atoms with E-state index in [1.807, 2.05) is 0 Å². The van der Waals surface area contributed by atoms with Crippen molar-refractivity contribution in [2.45, 2.75) is 12.6 Å². The SMILES string of the molecule is NCC#Cc1ccc(OCCOCCC(F)(F)F)cc1. The highest BCUT2D eigenvalue weighted by Crippen LogP contribution is 2.18. The third-order valence-corrected chi connectivity index (χ3v) is 2.22. The molecule has 0 unspecified atom stereocenters.